The van der Waals surface area contributed by atoms with E-state index in [1.165, 1.54) is 20.6 Å². The summed E-state index contributed by atoms with van der Waals surface area (Å²) < 4.78 is 10.1. The van der Waals surface area contributed by atoms with Gasteiger partial charge in [0.1, 0.15) is 0 Å². The van der Waals surface area contributed by atoms with Gasteiger partial charge in [-0.1, -0.05) is 19.3 Å². The molecule has 1 aromatic rings. The number of amides is 1. The predicted molar refractivity (Wildman–Crippen MR) is 70.3 cm³/mol. The van der Waals surface area contributed by atoms with Crippen LogP contribution in [0.15, 0.2) is 6.07 Å². The lowest BCUT2D eigenvalue weighted by Gasteiger charge is -2.20. The van der Waals surface area contributed by atoms with Gasteiger partial charge in [-0.3, -0.25) is 10.1 Å². The Bertz CT molecular complexity index is 423. The fourth-order valence-electron chi connectivity index (χ4n) is 2.25. The third kappa shape index (κ3) is 3.56. The van der Waals surface area contributed by atoms with Crippen molar-refractivity contribution in [3.05, 3.63) is 6.07 Å². The zero-order chi connectivity index (χ0) is 13.7. The molecule has 1 aliphatic rings. The summed E-state index contributed by atoms with van der Waals surface area (Å²) >= 11 is 0. The Morgan fingerprint density at radius 3 is 2.26 bits per heavy atom. The summed E-state index contributed by atoms with van der Waals surface area (Å²) in [6, 6.07) is 1.57. The first-order chi connectivity index (χ1) is 9.22. The molecule has 6 heteroatoms. The van der Waals surface area contributed by atoms with Crippen molar-refractivity contribution in [1.82, 2.24) is 9.97 Å². The van der Waals surface area contributed by atoms with Crippen molar-refractivity contribution < 1.29 is 14.3 Å². The maximum atomic E-state index is 12.1. The second-order valence-corrected chi connectivity index (χ2v) is 4.60. The summed E-state index contributed by atoms with van der Waals surface area (Å²) in [4.78, 5) is 20.3. The van der Waals surface area contributed by atoms with Crippen LogP contribution >= 0.6 is 0 Å². The average Bonchev–Trinajstić information content (AvgIpc) is 2.47. The monoisotopic (exact) mass is 265 g/mol. The van der Waals surface area contributed by atoms with Crippen LogP contribution in [0.5, 0.6) is 11.8 Å². The van der Waals surface area contributed by atoms with Gasteiger partial charge in [0.05, 0.1) is 20.3 Å². The fraction of sp³-hybridized carbons (Fsp3) is 0.615. The highest BCUT2D eigenvalue weighted by Crippen LogP contribution is 2.25. The summed E-state index contributed by atoms with van der Waals surface area (Å²) in [6.07, 6.45) is 5.31. The van der Waals surface area contributed by atoms with E-state index in [4.69, 9.17) is 9.47 Å². The molecule has 0 atom stereocenters. The Labute approximate surface area is 112 Å². The van der Waals surface area contributed by atoms with Crippen molar-refractivity contribution in [2.75, 3.05) is 19.5 Å². The third-order valence-electron chi connectivity index (χ3n) is 3.31. The van der Waals surface area contributed by atoms with Gasteiger partial charge in [-0.25, -0.2) is 0 Å². The van der Waals surface area contributed by atoms with Gasteiger partial charge in [0.15, 0.2) is 0 Å². The Morgan fingerprint density at radius 2 is 1.74 bits per heavy atom. The quantitative estimate of drug-likeness (QED) is 0.901. The third-order valence-corrected chi connectivity index (χ3v) is 3.31. The number of rotatable bonds is 4. The van der Waals surface area contributed by atoms with Gasteiger partial charge in [-0.2, -0.15) is 9.97 Å². The number of hydrogen-bond donors (Lipinski definition) is 1. The van der Waals surface area contributed by atoms with Crippen LogP contribution in [0.4, 0.5) is 5.95 Å². The minimum absolute atomic E-state index is 0.0185. The molecule has 1 aromatic heterocycles. The summed E-state index contributed by atoms with van der Waals surface area (Å²) in [5.74, 6) is 1.01. The lowest BCUT2D eigenvalue weighted by atomic mass is 9.89. The van der Waals surface area contributed by atoms with E-state index in [0.29, 0.717) is 11.8 Å². The Balaban J connectivity index is 2.06. The van der Waals surface area contributed by atoms with E-state index in [1.807, 2.05) is 0 Å². The molecule has 0 saturated heterocycles. The van der Waals surface area contributed by atoms with Gasteiger partial charge >= 0.3 is 0 Å². The van der Waals surface area contributed by atoms with Crippen molar-refractivity contribution in [3.63, 3.8) is 0 Å². The SMILES string of the molecule is COc1cc(OC)nc(NC(=O)C2CCCCC2)n1. The van der Waals surface area contributed by atoms with E-state index in [2.05, 4.69) is 15.3 Å². The second kappa shape index (κ2) is 6.36. The molecule has 0 aromatic carbocycles. The Kier molecular flexibility index (Phi) is 4.54. The van der Waals surface area contributed by atoms with E-state index in [9.17, 15) is 4.79 Å². The first-order valence-electron chi connectivity index (χ1n) is 6.51. The van der Waals surface area contributed by atoms with E-state index >= 15 is 0 Å². The number of nitrogens with zero attached hydrogens (tertiary/aromatic N) is 2. The molecule has 19 heavy (non-hydrogen) atoms. The minimum Gasteiger partial charge on any atom is -0.481 e. The lowest BCUT2D eigenvalue weighted by Crippen LogP contribution is -2.25. The minimum atomic E-state index is -0.0185. The molecule has 104 valence electrons. The molecule has 2 rings (SSSR count). The van der Waals surface area contributed by atoms with E-state index in [1.54, 1.807) is 6.07 Å². The van der Waals surface area contributed by atoms with Gasteiger partial charge < -0.3 is 9.47 Å². The molecule has 0 aliphatic heterocycles. The lowest BCUT2D eigenvalue weighted by molar-refractivity contribution is -0.120. The topological polar surface area (TPSA) is 73.3 Å². The van der Waals surface area contributed by atoms with Crippen molar-refractivity contribution in [1.29, 1.82) is 0 Å². The van der Waals surface area contributed by atoms with Crippen LogP contribution in [-0.2, 0) is 4.79 Å². The van der Waals surface area contributed by atoms with Crippen LogP contribution in [0.1, 0.15) is 32.1 Å². The highest BCUT2D eigenvalue weighted by Gasteiger charge is 2.22. The van der Waals surface area contributed by atoms with Gasteiger partial charge in [-0.15, -0.1) is 0 Å². The van der Waals surface area contributed by atoms with Crippen LogP contribution < -0.4 is 14.8 Å². The molecule has 1 fully saturated rings. The maximum Gasteiger partial charge on any atom is 0.236 e. The number of carbonyl (C=O) groups excluding carboxylic acids is 1. The number of ether oxygens (including phenoxy) is 2. The van der Waals surface area contributed by atoms with E-state index < -0.39 is 0 Å². The summed E-state index contributed by atoms with van der Waals surface area (Å²) in [6.45, 7) is 0. The highest BCUT2D eigenvalue weighted by atomic mass is 16.5. The Morgan fingerprint density at radius 1 is 1.16 bits per heavy atom. The van der Waals surface area contributed by atoms with Crippen LogP contribution in [0, 0.1) is 5.92 Å². The summed E-state index contributed by atoms with van der Waals surface area (Å²) in [7, 11) is 3.02. The number of aromatic nitrogens is 2. The maximum absolute atomic E-state index is 12.1. The molecule has 1 saturated carbocycles. The zero-order valence-corrected chi connectivity index (χ0v) is 11.3. The predicted octanol–water partition coefficient (Wildman–Crippen LogP) is 2.01. The first-order valence-corrected chi connectivity index (χ1v) is 6.51. The fourth-order valence-corrected chi connectivity index (χ4v) is 2.25. The molecule has 6 nitrogen and oxygen atoms in total. The summed E-state index contributed by atoms with van der Waals surface area (Å²) in [5, 5.41) is 2.74. The molecule has 1 aliphatic carbocycles. The molecular weight excluding hydrogens is 246 g/mol. The number of nitrogens with one attached hydrogen (secondary N) is 1. The van der Waals surface area contributed by atoms with Crippen LogP contribution in [0.25, 0.3) is 0 Å². The van der Waals surface area contributed by atoms with Crippen molar-refractivity contribution >= 4 is 11.9 Å². The van der Waals surface area contributed by atoms with Crippen LogP contribution in [0.2, 0.25) is 0 Å². The Hall–Kier alpha value is -1.85. The van der Waals surface area contributed by atoms with Crippen molar-refractivity contribution in [2.24, 2.45) is 5.92 Å². The normalized spacial score (nSPS) is 15.9. The van der Waals surface area contributed by atoms with Gasteiger partial charge in [0, 0.05) is 5.92 Å². The molecule has 0 spiro atoms. The van der Waals surface area contributed by atoms with Gasteiger partial charge in [0.25, 0.3) is 0 Å². The first kappa shape index (κ1) is 13.6. The highest BCUT2D eigenvalue weighted by molar-refractivity contribution is 5.91. The number of carbonyl (C=O) groups is 1. The largest absolute Gasteiger partial charge is 0.481 e. The van der Waals surface area contributed by atoms with Gasteiger partial charge in [0.2, 0.25) is 23.6 Å². The molecular formula is C13H19N3O3. The number of anilines is 1. The van der Waals surface area contributed by atoms with Crippen molar-refractivity contribution in [3.8, 4) is 11.8 Å². The number of methoxy groups -OCH3 is 2. The molecule has 1 amide bonds. The van der Waals surface area contributed by atoms with E-state index in [-0.39, 0.29) is 17.8 Å². The molecule has 1 N–H and O–H groups in total. The standard InChI is InChI=1S/C13H19N3O3/c1-18-10-8-11(19-2)15-13(14-10)16-12(17)9-6-4-3-5-7-9/h8-9H,3-7H2,1-2H3,(H,14,15,16,17). The molecule has 0 unspecified atom stereocenters. The smallest absolute Gasteiger partial charge is 0.236 e. The molecule has 1 heterocycles. The zero-order valence-electron chi connectivity index (χ0n) is 11.3. The average molecular weight is 265 g/mol. The summed E-state index contributed by atoms with van der Waals surface area (Å²) in [5.41, 5.74) is 0. The van der Waals surface area contributed by atoms with Crippen LogP contribution in [-0.4, -0.2) is 30.1 Å². The van der Waals surface area contributed by atoms with Crippen LogP contribution in [0.3, 0.4) is 0 Å². The second-order valence-electron chi connectivity index (χ2n) is 4.60. The van der Waals surface area contributed by atoms with E-state index in [0.717, 1.165) is 25.7 Å². The van der Waals surface area contributed by atoms with Gasteiger partial charge in [-0.05, 0) is 12.8 Å². The van der Waals surface area contributed by atoms with Crippen molar-refractivity contribution in [2.45, 2.75) is 32.1 Å². The molecule has 0 radical (unpaired) electrons. The number of hydrogen-bond acceptors (Lipinski definition) is 5. The molecule has 0 bridgehead atoms.